The first kappa shape index (κ1) is 16.3. The maximum absolute atomic E-state index is 4.16. The Morgan fingerprint density at radius 2 is 0.750 bits per heavy atom. The fraction of sp³-hybridized carbons (Fsp3) is 0. The van der Waals surface area contributed by atoms with E-state index in [0.717, 1.165) is 19.6 Å². The van der Waals surface area contributed by atoms with Crippen LogP contribution in [0.25, 0.3) is 0 Å². The van der Waals surface area contributed by atoms with Crippen molar-refractivity contribution in [2.45, 2.75) is 19.6 Å². The number of thiol groups is 4. The molecule has 12 heavy (non-hydrogen) atoms. The third kappa shape index (κ3) is 4.39. The van der Waals surface area contributed by atoms with E-state index in [-0.39, 0.29) is 39.0 Å². The monoisotopic (exact) mass is 334 g/mol. The first-order chi connectivity index (χ1) is 4.61. The molecule has 0 aromatic heterocycles. The van der Waals surface area contributed by atoms with Gasteiger partial charge in [-0.1, -0.05) is 0 Å². The minimum Gasteiger partial charge on any atom is -0.142 e. The standard InChI is InChI=1S/C6H6S4.2Zn/c7-3-1-4(8)6(10)2-5(3)9;;/h1-2,7-10H;;. The maximum atomic E-state index is 4.16. The molecule has 0 unspecified atom stereocenters. The molecular formula is C6H6S4Zn2. The molecule has 0 fully saturated rings. The summed E-state index contributed by atoms with van der Waals surface area (Å²) < 4.78 is 0. The van der Waals surface area contributed by atoms with E-state index < -0.39 is 0 Å². The smallest absolute Gasteiger partial charge is 0.0186 e. The van der Waals surface area contributed by atoms with Crippen LogP contribution in [-0.4, -0.2) is 0 Å². The van der Waals surface area contributed by atoms with Gasteiger partial charge in [-0.15, -0.1) is 50.5 Å². The van der Waals surface area contributed by atoms with Crippen molar-refractivity contribution in [2.24, 2.45) is 0 Å². The van der Waals surface area contributed by atoms with Gasteiger partial charge in [-0.3, -0.25) is 0 Å². The van der Waals surface area contributed by atoms with Crippen LogP contribution < -0.4 is 0 Å². The molecule has 0 heterocycles. The topological polar surface area (TPSA) is 0 Å². The van der Waals surface area contributed by atoms with Gasteiger partial charge in [-0.2, -0.15) is 0 Å². The Hall–Kier alpha value is 1.87. The van der Waals surface area contributed by atoms with Gasteiger partial charge in [0.15, 0.2) is 0 Å². The van der Waals surface area contributed by atoms with Crippen LogP contribution in [0, 0.1) is 0 Å². The number of rotatable bonds is 0. The Morgan fingerprint density at radius 1 is 0.583 bits per heavy atom. The van der Waals surface area contributed by atoms with E-state index in [0.29, 0.717) is 0 Å². The average Bonchev–Trinajstić information content (AvgIpc) is 1.84. The molecular weight excluding hydrogens is 331 g/mol. The van der Waals surface area contributed by atoms with Gasteiger partial charge in [0.2, 0.25) is 0 Å². The van der Waals surface area contributed by atoms with Gasteiger partial charge in [0.1, 0.15) is 0 Å². The van der Waals surface area contributed by atoms with E-state index in [2.05, 4.69) is 50.5 Å². The SMILES string of the molecule is Sc1cc(S)c(S)cc1S.[Zn].[Zn]. The normalized spacial score (nSPS) is 8.33. The van der Waals surface area contributed by atoms with Gasteiger partial charge in [-0.05, 0) is 12.1 Å². The molecule has 0 aliphatic carbocycles. The van der Waals surface area contributed by atoms with Crippen LogP contribution in [0.2, 0.25) is 0 Å². The maximum Gasteiger partial charge on any atom is 0.0186 e. The summed E-state index contributed by atoms with van der Waals surface area (Å²) in [5.74, 6) is 0. The molecule has 0 radical (unpaired) electrons. The summed E-state index contributed by atoms with van der Waals surface area (Å²) in [7, 11) is 0. The molecule has 0 saturated carbocycles. The molecule has 0 aliphatic heterocycles. The molecule has 6 heteroatoms. The Labute approximate surface area is 120 Å². The zero-order chi connectivity index (χ0) is 7.72. The van der Waals surface area contributed by atoms with E-state index in [1.54, 1.807) is 0 Å². The van der Waals surface area contributed by atoms with Crippen LogP contribution in [0.4, 0.5) is 0 Å². The third-order valence-electron chi connectivity index (χ3n) is 1.07. The molecule has 0 amide bonds. The zero-order valence-corrected chi connectivity index (χ0v) is 15.9. The first-order valence-corrected chi connectivity index (χ1v) is 4.34. The van der Waals surface area contributed by atoms with E-state index in [1.807, 2.05) is 12.1 Å². The van der Waals surface area contributed by atoms with Gasteiger partial charge in [0, 0.05) is 58.5 Å². The second-order valence-corrected chi connectivity index (χ2v) is 3.76. The van der Waals surface area contributed by atoms with Crippen LogP contribution in [0.1, 0.15) is 0 Å². The summed E-state index contributed by atoms with van der Waals surface area (Å²) >= 11 is 16.6. The molecule has 0 spiro atoms. The molecule has 0 aliphatic rings. The third-order valence-corrected chi connectivity index (χ3v) is 2.90. The Kier molecular flexibility index (Phi) is 9.78. The minimum atomic E-state index is 0. The molecule has 0 N–H and O–H groups in total. The quantitative estimate of drug-likeness (QED) is 0.406. The van der Waals surface area contributed by atoms with Crippen LogP contribution in [-0.2, 0) is 39.0 Å². The van der Waals surface area contributed by atoms with Crippen molar-refractivity contribution in [1.82, 2.24) is 0 Å². The predicted octanol–water partition coefficient (Wildman–Crippen LogP) is 2.84. The van der Waals surface area contributed by atoms with Crippen molar-refractivity contribution < 1.29 is 39.0 Å². The van der Waals surface area contributed by atoms with Crippen molar-refractivity contribution in [2.75, 3.05) is 0 Å². The van der Waals surface area contributed by atoms with Crippen LogP contribution in [0.5, 0.6) is 0 Å². The second-order valence-electron chi connectivity index (χ2n) is 1.83. The molecule has 1 aromatic rings. The molecule has 58 valence electrons. The van der Waals surface area contributed by atoms with E-state index in [1.165, 1.54) is 0 Å². The average molecular weight is 337 g/mol. The van der Waals surface area contributed by atoms with Crippen molar-refractivity contribution in [1.29, 1.82) is 0 Å². The van der Waals surface area contributed by atoms with Crippen LogP contribution >= 0.6 is 50.5 Å². The molecule has 0 saturated heterocycles. The molecule has 0 bridgehead atoms. The molecule has 0 nitrogen and oxygen atoms in total. The van der Waals surface area contributed by atoms with Crippen molar-refractivity contribution in [3.8, 4) is 0 Å². The van der Waals surface area contributed by atoms with Crippen molar-refractivity contribution in [3.05, 3.63) is 12.1 Å². The minimum absolute atomic E-state index is 0. The predicted molar refractivity (Wildman–Crippen MR) is 55.5 cm³/mol. The van der Waals surface area contributed by atoms with Gasteiger partial charge in [0.05, 0.1) is 0 Å². The zero-order valence-electron chi connectivity index (χ0n) is 6.36. The van der Waals surface area contributed by atoms with Crippen molar-refractivity contribution in [3.63, 3.8) is 0 Å². The van der Waals surface area contributed by atoms with E-state index in [9.17, 15) is 0 Å². The second kappa shape index (κ2) is 7.20. The molecule has 1 rings (SSSR count). The first-order valence-electron chi connectivity index (χ1n) is 2.55. The Morgan fingerprint density at radius 3 is 0.917 bits per heavy atom. The summed E-state index contributed by atoms with van der Waals surface area (Å²) in [5, 5.41) is 0. The largest absolute Gasteiger partial charge is 0.142 e. The Bertz CT molecular complexity index is 214. The summed E-state index contributed by atoms with van der Waals surface area (Å²) in [6, 6.07) is 3.63. The van der Waals surface area contributed by atoms with Crippen LogP contribution in [0.15, 0.2) is 31.7 Å². The van der Waals surface area contributed by atoms with Gasteiger partial charge in [0.25, 0.3) is 0 Å². The van der Waals surface area contributed by atoms with Gasteiger partial charge >= 0.3 is 0 Å². The summed E-state index contributed by atoms with van der Waals surface area (Å²) in [5.41, 5.74) is 0. The summed E-state index contributed by atoms with van der Waals surface area (Å²) in [4.78, 5) is 3.30. The number of benzene rings is 1. The fourth-order valence-electron chi connectivity index (χ4n) is 0.555. The summed E-state index contributed by atoms with van der Waals surface area (Å²) in [6.07, 6.45) is 0. The van der Waals surface area contributed by atoms with E-state index >= 15 is 0 Å². The molecule has 0 atom stereocenters. The van der Waals surface area contributed by atoms with Gasteiger partial charge < -0.3 is 0 Å². The fourth-order valence-corrected chi connectivity index (χ4v) is 1.53. The van der Waals surface area contributed by atoms with Crippen molar-refractivity contribution >= 4 is 50.5 Å². The Balaban J connectivity index is 0. The number of hydrogen-bond donors (Lipinski definition) is 4. The number of hydrogen-bond acceptors (Lipinski definition) is 4. The van der Waals surface area contributed by atoms with Gasteiger partial charge in [-0.25, -0.2) is 0 Å². The van der Waals surface area contributed by atoms with Crippen LogP contribution in [0.3, 0.4) is 0 Å². The van der Waals surface area contributed by atoms with E-state index in [4.69, 9.17) is 0 Å². The molecule has 1 aromatic carbocycles. The summed E-state index contributed by atoms with van der Waals surface area (Å²) in [6.45, 7) is 0.